The first kappa shape index (κ1) is 10.5. The van der Waals surface area contributed by atoms with Gasteiger partial charge in [-0.25, -0.2) is 8.42 Å². The minimum absolute atomic E-state index is 0.104. The summed E-state index contributed by atoms with van der Waals surface area (Å²) in [6, 6.07) is 1.88. The molecule has 0 saturated heterocycles. The highest BCUT2D eigenvalue weighted by atomic mass is 79.9. The maximum atomic E-state index is 10.7. The van der Waals surface area contributed by atoms with E-state index in [0.29, 0.717) is 0 Å². The Bertz CT molecular complexity index is 382. The molecule has 0 bridgehead atoms. The molecule has 0 aromatic carbocycles. The van der Waals surface area contributed by atoms with Gasteiger partial charge in [0.25, 0.3) is 0 Å². The lowest BCUT2D eigenvalue weighted by atomic mass is 10.5. The minimum atomic E-state index is -3.43. The normalized spacial score (nSPS) is 11.9. The van der Waals surface area contributed by atoms with Crippen LogP contribution in [0.25, 0.3) is 0 Å². The van der Waals surface area contributed by atoms with Gasteiger partial charge in [0.2, 0.25) is 9.05 Å². The molecule has 2 nitrogen and oxygen atoms in total. The van der Waals surface area contributed by atoms with Gasteiger partial charge in [-0.1, -0.05) is 0 Å². The first-order valence-electron chi connectivity index (χ1n) is 3.05. The zero-order chi connectivity index (χ0) is 9.35. The fourth-order valence-electron chi connectivity index (χ4n) is 0.786. The summed E-state index contributed by atoms with van der Waals surface area (Å²) >= 11 is 4.69. The molecule has 0 aliphatic heterocycles. The number of hydrogen-bond donors (Lipinski definition) is 0. The van der Waals surface area contributed by atoms with Crippen molar-refractivity contribution >= 4 is 47.0 Å². The topological polar surface area (TPSA) is 34.1 Å². The molecule has 0 saturated carbocycles. The Hall–Kier alpha value is 0.420. The van der Waals surface area contributed by atoms with Crippen LogP contribution >= 0.6 is 37.9 Å². The maximum Gasteiger partial charge on any atom is 0.237 e. The standard InChI is InChI=1S/C6H6BrClO2S2/c1-4-2-5(7)6(11-4)3-12(8,9)10/h2H,3H2,1H3. The molecule has 0 fully saturated rings. The van der Waals surface area contributed by atoms with Crippen molar-refractivity contribution in [1.82, 2.24) is 0 Å². The molecule has 0 aliphatic rings. The van der Waals surface area contributed by atoms with Crippen molar-refractivity contribution in [2.75, 3.05) is 0 Å². The molecule has 0 amide bonds. The highest BCUT2D eigenvalue weighted by Crippen LogP contribution is 2.29. The summed E-state index contributed by atoms with van der Waals surface area (Å²) in [5, 5.41) is 0. The van der Waals surface area contributed by atoms with Crippen LogP contribution in [0.3, 0.4) is 0 Å². The van der Waals surface area contributed by atoms with Crippen LogP contribution in [0, 0.1) is 6.92 Å². The van der Waals surface area contributed by atoms with Crippen LogP contribution < -0.4 is 0 Å². The van der Waals surface area contributed by atoms with E-state index >= 15 is 0 Å². The van der Waals surface area contributed by atoms with E-state index in [1.165, 1.54) is 11.3 Å². The van der Waals surface area contributed by atoms with E-state index in [9.17, 15) is 8.42 Å². The Labute approximate surface area is 88.1 Å². The highest BCUT2D eigenvalue weighted by molar-refractivity contribution is 9.10. The second kappa shape index (κ2) is 3.65. The van der Waals surface area contributed by atoms with E-state index in [4.69, 9.17) is 10.7 Å². The Balaban J connectivity index is 2.97. The summed E-state index contributed by atoms with van der Waals surface area (Å²) in [6.07, 6.45) is 0. The maximum absolute atomic E-state index is 10.7. The third-order valence-corrected chi connectivity index (χ3v) is 4.35. The highest BCUT2D eigenvalue weighted by Gasteiger charge is 2.12. The summed E-state index contributed by atoms with van der Waals surface area (Å²) < 4.78 is 22.2. The smallest absolute Gasteiger partial charge is 0.212 e. The van der Waals surface area contributed by atoms with Gasteiger partial charge in [0.15, 0.2) is 0 Å². The van der Waals surface area contributed by atoms with E-state index in [1.807, 2.05) is 13.0 Å². The molecule has 0 atom stereocenters. The number of rotatable bonds is 2. The fraction of sp³-hybridized carbons (Fsp3) is 0.333. The van der Waals surface area contributed by atoms with Crippen LogP contribution in [-0.4, -0.2) is 8.42 Å². The quantitative estimate of drug-likeness (QED) is 0.785. The minimum Gasteiger partial charge on any atom is -0.212 e. The lowest BCUT2D eigenvalue weighted by molar-refractivity contribution is 0.609. The Kier molecular flexibility index (Phi) is 3.20. The van der Waals surface area contributed by atoms with Crippen molar-refractivity contribution in [3.05, 3.63) is 20.3 Å². The summed E-state index contributed by atoms with van der Waals surface area (Å²) in [6.45, 7) is 1.92. The molecule has 0 radical (unpaired) electrons. The van der Waals surface area contributed by atoms with E-state index in [1.54, 1.807) is 0 Å². The average molecular weight is 290 g/mol. The monoisotopic (exact) mass is 288 g/mol. The molecule has 1 aromatic heterocycles. The average Bonchev–Trinajstić information content (AvgIpc) is 2.06. The number of hydrogen-bond acceptors (Lipinski definition) is 3. The predicted molar refractivity (Wildman–Crippen MR) is 55.2 cm³/mol. The molecule has 1 rings (SSSR count). The Morgan fingerprint density at radius 3 is 2.58 bits per heavy atom. The molecule has 0 spiro atoms. The third kappa shape index (κ3) is 3.05. The van der Waals surface area contributed by atoms with E-state index in [0.717, 1.165) is 14.2 Å². The van der Waals surface area contributed by atoms with Crippen LogP contribution in [0.15, 0.2) is 10.5 Å². The van der Waals surface area contributed by atoms with Gasteiger partial charge >= 0.3 is 0 Å². The molecule has 6 heteroatoms. The zero-order valence-corrected chi connectivity index (χ0v) is 10.1. The molecular weight excluding hydrogens is 284 g/mol. The van der Waals surface area contributed by atoms with Crippen molar-refractivity contribution in [2.45, 2.75) is 12.7 Å². The van der Waals surface area contributed by atoms with Crippen molar-refractivity contribution in [2.24, 2.45) is 0 Å². The lowest BCUT2D eigenvalue weighted by Crippen LogP contribution is -1.92. The van der Waals surface area contributed by atoms with Gasteiger partial charge in [-0.05, 0) is 28.9 Å². The molecule has 0 aliphatic carbocycles. The predicted octanol–water partition coefficient (Wildman–Crippen LogP) is 2.89. The van der Waals surface area contributed by atoms with Crippen LogP contribution in [0.4, 0.5) is 0 Å². The third-order valence-electron chi connectivity index (χ3n) is 1.18. The summed E-state index contributed by atoms with van der Waals surface area (Å²) in [4.78, 5) is 1.82. The van der Waals surface area contributed by atoms with Crippen molar-refractivity contribution in [1.29, 1.82) is 0 Å². The Morgan fingerprint density at radius 2 is 2.25 bits per heavy atom. The number of halogens is 2. The largest absolute Gasteiger partial charge is 0.237 e. The first-order chi connectivity index (χ1) is 5.38. The van der Waals surface area contributed by atoms with Crippen LogP contribution in [0.1, 0.15) is 9.75 Å². The van der Waals surface area contributed by atoms with Gasteiger partial charge in [-0.2, -0.15) is 0 Å². The van der Waals surface area contributed by atoms with Gasteiger partial charge in [0.1, 0.15) is 5.75 Å². The molecule has 0 unspecified atom stereocenters. The SMILES string of the molecule is Cc1cc(Br)c(CS(=O)(=O)Cl)s1. The van der Waals surface area contributed by atoms with Gasteiger partial charge in [-0.15, -0.1) is 11.3 Å². The van der Waals surface area contributed by atoms with Crippen molar-refractivity contribution in [3.8, 4) is 0 Å². The van der Waals surface area contributed by atoms with Gasteiger partial charge in [0, 0.05) is 24.9 Å². The van der Waals surface area contributed by atoms with Crippen molar-refractivity contribution < 1.29 is 8.42 Å². The number of aryl methyl sites for hydroxylation is 1. The van der Waals surface area contributed by atoms with Crippen molar-refractivity contribution in [3.63, 3.8) is 0 Å². The fourth-order valence-corrected chi connectivity index (χ4v) is 4.26. The van der Waals surface area contributed by atoms with Crippen LogP contribution in [-0.2, 0) is 14.8 Å². The van der Waals surface area contributed by atoms with Gasteiger partial charge < -0.3 is 0 Å². The molecular formula is C6H6BrClO2S2. The summed E-state index contributed by atoms with van der Waals surface area (Å²) in [7, 11) is 1.67. The van der Waals surface area contributed by atoms with Crippen LogP contribution in [0.5, 0.6) is 0 Å². The van der Waals surface area contributed by atoms with Gasteiger partial charge in [0.05, 0.1) is 0 Å². The summed E-state index contributed by atoms with van der Waals surface area (Å²) in [5.74, 6) is -0.104. The van der Waals surface area contributed by atoms with Crippen LogP contribution in [0.2, 0.25) is 0 Å². The molecule has 1 aromatic rings. The second-order valence-electron chi connectivity index (χ2n) is 2.31. The Morgan fingerprint density at radius 1 is 1.67 bits per heavy atom. The second-order valence-corrected chi connectivity index (χ2v) is 7.28. The number of thiophene rings is 1. The van der Waals surface area contributed by atoms with Gasteiger partial charge in [-0.3, -0.25) is 0 Å². The molecule has 1 heterocycles. The zero-order valence-electron chi connectivity index (χ0n) is 6.17. The lowest BCUT2D eigenvalue weighted by Gasteiger charge is -1.92. The van der Waals surface area contributed by atoms with E-state index in [2.05, 4.69) is 15.9 Å². The molecule has 68 valence electrons. The first-order valence-corrected chi connectivity index (χ1v) is 7.14. The summed E-state index contributed by atoms with van der Waals surface area (Å²) in [5.41, 5.74) is 0. The molecule has 0 N–H and O–H groups in total. The van der Waals surface area contributed by atoms with E-state index in [-0.39, 0.29) is 5.75 Å². The van der Waals surface area contributed by atoms with E-state index < -0.39 is 9.05 Å². The molecule has 12 heavy (non-hydrogen) atoms.